The van der Waals surface area contributed by atoms with E-state index in [2.05, 4.69) is 48.9 Å². The summed E-state index contributed by atoms with van der Waals surface area (Å²) in [5, 5.41) is 0.741. The van der Waals surface area contributed by atoms with Crippen LogP contribution in [0.1, 0.15) is 17.2 Å². The maximum atomic E-state index is 6.15. The van der Waals surface area contributed by atoms with Gasteiger partial charge in [-0.2, -0.15) is 0 Å². The third kappa shape index (κ3) is 4.13. The Hall–Kier alpha value is -0.210. The summed E-state index contributed by atoms with van der Waals surface area (Å²) in [6, 6.07) is 8.00. The molecular formula is C13H12BrClIN3. The Kier molecular flexibility index (Phi) is 5.58. The molecule has 2 rings (SSSR count). The van der Waals surface area contributed by atoms with Gasteiger partial charge >= 0.3 is 0 Å². The topological polar surface area (TPSA) is 50.9 Å². The zero-order valence-electron chi connectivity index (χ0n) is 9.91. The second kappa shape index (κ2) is 6.99. The van der Waals surface area contributed by atoms with Gasteiger partial charge in [-0.3, -0.25) is 16.3 Å². The molecule has 2 aromatic rings. The molecule has 0 aliphatic heterocycles. The highest BCUT2D eigenvalue weighted by Gasteiger charge is 2.12. The van der Waals surface area contributed by atoms with Crippen molar-refractivity contribution in [1.82, 2.24) is 10.4 Å². The van der Waals surface area contributed by atoms with Crippen LogP contribution in [0.25, 0.3) is 0 Å². The van der Waals surface area contributed by atoms with Gasteiger partial charge in [0.05, 0.1) is 11.1 Å². The van der Waals surface area contributed by atoms with Gasteiger partial charge in [0.15, 0.2) is 0 Å². The van der Waals surface area contributed by atoms with E-state index < -0.39 is 0 Å². The van der Waals surface area contributed by atoms with Gasteiger partial charge in [-0.05, 0) is 74.3 Å². The number of nitrogens with two attached hydrogens (primary N) is 1. The van der Waals surface area contributed by atoms with Crippen molar-refractivity contribution in [2.24, 2.45) is 5.84 Å². The van der Waals surface area contributed by atoms with Crippen molar-refractivity contribution < 1.29 is 0 Å². The van der Waals surface area contributed by atoms with Crippen LogP contribution in [0.5, 0.6) is 0 Å². The van der Waals surface area contributed by atoms with Crippen molar-refractivity contribution in [2.75, 3.05) is 0 Å². The van der Waals surface area contributed by atoms with E-state index in [0.717, 1.165) is 30.6 Å². The smallest absolute Gasteiger partial charge is 0.0542 e. The highest BCUT2D eigenvalue weighted by molar-refractivity contribution is 14.1. The van der Waals surface area contributed by atoms with Crippen LogP contribution in [0.15, 0.2) is 41.1 Å². The second-order valence-corrected chi connectivity index (χ2v) is 6.59. The standard InChI is InChI=1S/C13H12BrClIN3/c14-10-3-8(6-18-7-10)4-13(19-17)9-1-2-12(16)11(15)5-9/h1-3,5-7,13,19H,4,17H2. The van der Waals surface area contributed by atoms with Crippen LogP contribution in [0.2, 0.25) is 5.02 Å². The van der Waals surface area contributed by atoms with Crippen LogP contribution in [0, 0.1) is 3.57 Å². The summed E-state index contributed by atoms with van der Waals surface area (Å²) in [4.78, 5) is 4.15. The molecule has 0 spiro atoms. The first-order valence-corrected chi connectivity index (χ1v) is 7.85. The largest absolute Gasteiger partial charge is 0.271 e. The number of nitrogens with zero attached hydrogens (tertiary/aromatic N) is 1. The molecule has 1 atom stereocenters. The van der Waals surface area contributed by atoms with Gasteiger partial charge in [-0.1, -0.05) is 17.7 Å². The molecule has 1 aromatic heterocycles. The summed E-state index contributed by atoms with van der Waals surface area (Å²) >= 11 is 11.8. The van der Waals surface area contributed by atoms with E-state index in [1.165, 1.54) is 0 Å². The lowest BCUT2D eigenvalue weighted by atomic mass is 10.0. The molecule has 0 aliphatic carbocycles. The number of benzene rings is 1. The number of hydrogen-bond donors (Lipinski definition) is 2. The van der Waals surface area contributed by atoms with Crippen molar-refractivity contribution in [3.8, 4) is 0 Å². The normalized spacial score (nSPS) is 12.4. The Bertz CT molecular complexity index is 580. The molecule has 0 saturated carbocycles. The molecule has 3 nitrogen and oxygen atoms in total. The number of hydrazine groups is 1. The highest BCUT2D eigenvalue weighted by atomic mass is 127. The fraction of sp³-hybridized carbons (Fsp3) is 0.154. The van der Waals surface area contributed by atoms with E-state index in [9.17, 15) is 0 Å². The van der Waals surface area contributed by atoms with E-state index in [0.29, 0.717) is 0 Å². The average Bonchev–Trinajstić information content (AvgIpc) is 2.39. The molecular weight excluding hydrogens is 440 g/mol. The first kappa shape index (κ1) is 15.2. The van der Waals surface area contributed by atoms with E-state index in [4.69, 9.17) is 17.4 Å². The van der Waals surface area contributed by atoms with Gasteiger partial charge in [-0.25, -0.2) is 0 Å². The molecule has 0 fully saturated rings. The summed E-state index contributed by atoms with van der Waals surface area (Å²) < 4.78 is 1.99. The average molecular weight is 453 g/mol. The van der Waals surface area contributed by atoms with Crippen LogP contribution >= 0.6 is 50.1 Å². The van der Waals surface area contributed by atoms with Gasteiger partial charge in [-0.15, -0.1) is 0 Å². The molecule has 0 aliphatic rings. The van der Waals surface area contributed by atoms with Gasteiger partial charge in [0.25, 0.3) is 0 Å². The van der Waals surface area contributed by atoms with Gasteiger partial charge in [0.1, 0.15) is 0 Å². The van der Waals surface area contributed by atoms with Gasteiger partial charge < -0.3 is 0 Å². The summed E-state index contributed by atoms with van der Waals surface area (Å²) in [6.07, 6.45) is 4.35. The molecule has 19 heavy (non-hydrogen) atoms. The molecule has 0 bridgehead atoms. The minimum atomic E-state index is 0.00519. The zero-order valence-corrected chi connectivity index (χ0v) is 14.4. The Morgan fingerprint density at radius 2 is 2.16 bits per heavy atom. The van der Waals surface area contributed by atoms with Crippen molar-refractivity contribution in [2.45, 2.75) is 12.5 Å². The van der Waals surface area contributed by atoms with Crippen LogP contribution in [0.4, 0.5) is 0 Å². The third-order valence-electron chi connectivity index (χ3n) is 2.75. The van der Waals surface area contributed by atoms with Gasteiger partial charge in [0, 0.05) is 20.4 Å². The fourth-order valence-electron chi connectivity index (χ4n) is 1.81. The quantitative estimate of drug-likeness (QED) is 0.421. The molecule has 3 N–H and O–H groups in total. The van der Waals surface area contributed by atoms with Crippen LogP contribution < -0.4 is 11.3 Å². The van der Waals surface area contributed by atoms with Crippen molar-refractivity contribution >= 4 is 50.1 Å². The van der Waals surface area contributed by atoms with Crippen molar-refractivity contribution in [3.63, 3.8) is 0 Å². The predicted molar refractivity (Wildman–Crippen MR) is 89.9 cm³/mol. The molecule has 6 heteroatoms. The summed E-state index contributed by atoms with van der Waals surface area (Å²) in [6.45, 7) is 0. The lowest BCUT2D eigenvalue weighted by molar-refractivity contribution is 0.551. The third-order valence-corrected chi connectivity index (χ3v) is 4.75. The van der Waals surface area contributed by atoms with Crippen LogP contribution in [-0.4, -0.2) is 4.98 Å². The second-order valence-electron chi connectivity index (χ2n) is 4.11. The lowest BCUT2D eigenvalue weighted by Crippen LogP contribution is -2.29. The van der Waals surface area contributed by atoms with E-state index in [-0.39, 0.29) is 6.04 Å². The minimum Gasteiger partial charge on any atom is -0.271 e. The molecule has 0 saturated heterocycles. The van der Waals surface area contributed by atoms with E-state index in [1.54, 1.807) is 6.20 Å². The molecule has 1 aromatic carbocycles. The Balaban J connectivity index is 2.22. The summed E-state index contributed by atoms with van der Waals surface area (Å²) in [7, 11) is 0. The van der Waals surface area contributed by atoms with Crippen LogP contribution in [0.3, 0.4) is 0 Å². The van der Waals surface area contributed by atoms with Crippen molar-refractivity contribution in [3.05, 3.63) is 60.9 Å². The van der Waals surface area contributed by atoms with E-state index >= 15 is 0 Å². The number of aromatic nitrogens is 1. The fourth-order valence-corrected chi connectivity index (χ4v) is 2.74. The van der Waals surface area contributed by atoms with Crippen molar-refractivity contribution in [1.29, 1.82) is 0 Å². The first-order chi connectivity index (χ1) is 9.10. The lowest BCUT2D eigenvalue weighted by Gasteiger charge is -2.17. The molecule has 1 unspecified atom stereocenters. The molecule has 0 amide bonds. The molecule has 0 radical (unpaired) electrons. The minimum absolute atomic E-state index is 0.00519. The zero-order chi connectivity index (χ0) is 13.8. The molecule has 100 valence electrons. The highest BCUT2D eigenvalue weighted by Crippen LogP contribution is 2.25. The monoisotopic (exact) mass is 451 g/mol. The number of halogens is 3. The Morgan fingerprint density at radius 3 is 2.79 bits per heavy atom. The van der Waals surface area contributed by atoms with Gasteiger partial charge in [0.2, 0.25) is 0 Å². The summed E-state index contributed by atoms with van der Waals surface area (Å²) in [5.41, 5.74) is 5.00. The van der Waals surface area contributed by atoms with E-state index in [1.807, 2.05) is 30.5 Å². The maximum absolute atomic E-state index is 6.15. The first-order valence-electron chi connectivity index (χ1n) is 5.60. The number of pyridine rings is 1. The predicted octanol–water partition coefficient (Wildman–Crippen LogP) is 3.85. The van der Waals surface area contributed by atoms with Crippen LogP contribution in [-0.2, 0) is 6.42 Å². The summed E-state index contributed by atoms with van der Waals surface area (Å²) in [5.74, 6) is 5.65. The number of rotatable bonds is 4. The number of nitrogens with one attached hydrogen (secondary N) is 1. The Morgan fingerprint density at radius 1 is 1.37 bits per heavy atom. The number of hydrogen-bond acceptors (Lipinski definition) is 3. The Labute approximate surface area is 139 Å². The molecule has 1 heterocycles. The maximum Gasteiger partial charge on any atom is 0.0542 e. The SMILES string of the molecule is NNC(Cc1cncc(Br)c1)c1ccc(I)c(Cl)c1.